The zero-order valence-corrected chi connectivity index (χ0v) is 12.5. The van der Waals surface area contributed by atoms with Gasteiger partial charge in [-0.3, -0.25) is 4.98 Å². The van der Waals surface area contributed by atoms with E-state index < -0.39 is 0 Å². The number of hydrogen-bond acceptors (Lipinski definition) is 4. The van der Waals surface area contributed by atoms with Crippen molar-refractivity contribution in [1.82, 2.24) is 4.98 Å². The fraction of sp³-hybridized carbons (Fsp3) is 0.214. The number of ether oxygens (including phenoxy) is 1. The minimum atomic E-state index is 0.810. The largest absolute Gasteiger partial charge is 0.496 e. The lowest BCUT2D eigenvalue weighted by Gasteiger charge is -2.10. The van der Waals surface area contributed by atoms with Crippen molar-refractivity contribution in [1.29, 1.82) is 0 Å². The molecule has 0 aliphatic carbocycles. The van der Waals surface area contributed by atoms with Gasteiger partial charge in [-0.2, -0.15) is 0 Å². The third kappa shape index (κ3) is 3.61. The summed E-state index contributed by atoms with van der Waals surface area (Å²) >= 11 is 3.47. The van der Waals surface area contributed by atoms with Gasteiger partial charge in [0.05, 0.1) is 35.4 Å². The molecule has 1 aromatic heterocycles. The molecule has 1 heterocycles. The van der Waals surface area contributed by atoms with Gasteiger partial charge in [0.15, 0.2) is 0 Å². The molecule has 0 atom stereocenters. The maximum Gasteiger partial charge on any atom is 0.133 e. The van der Waals surface area contributed by atoms with E-state index in [1.54, 1.807) is 19.5 Å². The molecule has 0 radical (unpaired) electrons. The first-order valence-corrected chi connectivity index (χ1v) is 6.81. The molecular formula is C14H16BrN3O. The Bertz CT molecular complexity index is 560. The van der Waals surface area contributed by atoms with Gasteiger partial charge < -0.3 is 15.4 Å². The summed E-state index contributed by atoms with van der Waals surface area (Å²) in [6.07, 6.45) is 3.59. The number of nitrogens with one attached hydrogen (secondary N) is 2. The number of methoxy groups -OCH3 is 1. The summed E-state index contributed by atoms with van der Waals surface area (Å²) < 4.78 is 6.12. The van der Waals surface area contributed by atoms with Crippen LogP contribution in [-0.2, 0) is 0 Å². The SMILES string of the molecule is CCNc1cncc(Nc2ccc(OC)c(Br)c2)c1. The Morgan fingerprint density at radius 2 is 1.95 bits per heavy atom. The molecule has 100 valence electrons. The second kappa shape index (κ2) is 6.43. The molecule has 19 heavy (non-hydrogen) atoms. The molecule has 0 unspecified atom stereocenters. The predicted octanol–water partition coefficient (Wildman–Crippen LogP) is 4.03. The highest BCUT2D eigenvalue weighted by molar-refractivity contribution is 9.10. The van der Waals surface area contributed by atoms with Crippen LogP contribution in [0.25, 0.3) is 0 Å². The highest BCUT2D eigenvalue weighted by Crippen LogP contribution is 2.29. The molecule has 0 saturated heterocycles. The van der Waals surface area contributed by atoms with Gasteiger partial charge in [-0.25, -0.2) is 0 Å². The van der Waals surface area contributed by atoms with E-state index in [2.05, 4.69) is 38.5 Å². The lowest BCUT2D eigenvalue weighted by molar-refractivity contribution is 0.412. The van der Waals surface area contributed by atoms with Crippen LogP contribution >= 0.6 is 15.9 Å². The molecular weight excluding hydrogens is 306 g/mol. The van der Waals surface area contributed by atoms with E-state index in [1.807, 2.05) is 24.3 Å². The van der Waals surface area contributed by atoms with Crippen LogP contribution in [0.1, 0.15) is 6.92 Å². The van der Waals surface area contributed by atoms with Crippen LogP contribution in [0.3, 0.4) is 0 Å². The number of aromatic nitrogens is 1. The molecule has 1 aromatic carbocycles. The molecule has 0 saturated carbocycles. The van der Waals surface area contributed by atoms with Crippen LogP contribution in [-0.4, -0.2) is 18.6 Å². The van der Waals surface area contributed by atoms with Gasteiger partial charge in [0, 0.05) is 12.2 Å². The molecule has 0 amide bonds. The molecule has 5 heteroatoms. The Kier molecular flexibility index (Phi) is 4.63. The van der Waals surface area contributed by atoms with E-state index in [9.17, 15) is 0 Å². The molecule has 0 spiro atoms. The van der Waals surface area contributed by atoms with E-state index in [4.69, 9.17) is 4.74 Å². The molecule has 0 aliphatic heterocycles. The van der Waals surface area contributed by atoms with E-state index in [0.29, 0.717) is 0 Å². The average molecular weight is 322 g/mol. The normalized spacial score (nSPS) is 10.1. The number of benzene rings is 1. The second-order valence-corrected chi connectivity index (χ2v) is 4.82. The first-order chi connectivity index (χ1) is 9.22. The van der Waals surface area contributed by atoms with Crippen LogP contribution in [0.15, 0.2) is 41.1 Å². The van der Waals surface area contributed by atoms with Crippen molar-refractivity contribution in [3.05, 3.63) is 41.1 Å². The van der Waals surface area contributed by atoms with Gasteiger partial charge >= 0.3 is 0 Å². The summed E-state index contributed by atoms with van der Waals surface area (Å²) in [6.45, 7) is 2.93. The van der Waals surface area contributed by atoms with Crippen molar-refractivity contribution in [3.8, 4) is 5.75 Å². The number of pyridine rings is 1. The van der Waals surface area contributed by atoms with E-state index in [-0.39, 0.29) is 0 Å². The van der Waals surface area contributed by atoms with Gasteiger partial charge in [0.2, 0.25) is 0 Å². The highest BCUT2D eigenvalue weighted by atomic mass is 79.9. The van der Waals surface area contributed by atoms with Gasteiger partial charge in [0.25, 0.3) is 0 Å². The topological polar surface area (TPSA) is 46.2 Å². The summed E-state index contributed by atoms with van der Waals surface area (Å²) in [5.74, 6) is 0.810. The minimum absolute atomic E-state index is 0.810. The molecule has 2 N–H and O–H groups in total. The van der Waals surface area contributed by atoms with Crippen molar-refractivity contribution in [2.75, 3.05) is 24.3 Å². The Morgan fingerprint density at radius 3 is 2.63 bits per heavy atom. The lowest BCUT2D eigenvalue weighted by Crippen LogP contribution is -1.98. The summed E-state index contributed by atoms with van der Waals surface area (Å²) in [4.78, 5) is 4.19. The molecule has 0 aliphatic rings. The number of hydrogen-bond donors (Lipinski definition) is 2. The molecule has 0 fully saturated rings. The van der Waals surface area contributed by atoms with Gasteiger partial charge in [-0.05, 0) is 47.1 Å². The second-order valence-electron chi connectivity index (χ2n) is 3.97. The maximum absolute atomic E-state index is 5.20. The summed E-state index contributed by atoms with van der Waals surface area (Å²) in [5.41, 5.74) is 2.92. The molecule has 2 rings (SSSR count). The van der Waals surface area contributed by atoms with Crippen LogP contribution in [0, 0.1) is 0 Å². The Morgan fingerprint density at radius 1 is 1.16 bits per heavy atom. The van der Waals surface area contributed by atoms with Crippen molar-refractivity contribution >= 4 is 33.0 Å². The summed E-state index contributed by atoms with van der Waals surface area (Å²) in [6, 6.07) is 7.87. The van der Waals surface area contributed by atoms with E-state index in [0.717, 1.165) is 33.8 Å². The van der Waals surface area contributed by atoms with Crippen molar-refractivity contribution < 1.29 is 4.74 Å². The Hall–Kier alpha value is -1.75. The van der Waals surface area contributed by atoms with Crippen LogP contribution in [0.2, 0.25) is 0 Å². The fourth-order valence-electron chi connectivity index (χ4n) is 1.72. The lowest BCUT2D eigenvalue weighted by atomic mass is 10.3. The van der Waals surface area contributed by atoms with Crippen LogP contribution in [0.4, 0.5) is 17.1 Å². The van der Waals surface area contributed by atoms with Crippen LogP contribution in [0.5, 0.6) is 5.75 Å². The molecule has 2 aromatic rings. The van der Waals surface area contributed by atoms with Crippen molar-refractivity contribution in [2.24, 2.45) is 0 Å². The summed E-state index contributed by atoms with van der Waals surface area (Å²) in [5, 5.41) is 6.54. The molecule has 0 bridgehead atoms. The van der Waals surface area contributed by atoms with Crippen molar-refractivity contribution in [2.45, 2.75) is 6.92 Å². The van der Waals surface area contributed by atoms with Crippen LogP contribution < -0.4 is 15.4 Å². The number of anilines is 3. The smallest absolute Gasteiger partial charge is 0.133 e. The zero-order valence-electron chi connectivity index (χ0n) is 10.9. The monoisotopic (exact) mass is 321 g/mol. The minimum Gasteiger partial charge on any atom is -0.496 e. The first kappa shape index (κ1) is 13.7. The zero-order chi connectivity index (χ0) is 13.7. The quantitative estimate of drug-likeness (QED) is 0.872. The number of rotatable bonds is 5. The van der Waals surface area contributed by atoms with Gasteiger partial charge in [-0.1, -0.05) is 0 Å². The van der Waals surface area contributed by atoms with Gasteiger partial charge in [-0.15, -0.1) is 0 Å². The van der Waals surface area contributed by atoms with E-state index in [1.165, 1.54) is 0 Å². The van der Waals surface area contributed by atoms with Crippen molar-refractivity contribution in [3.63, 3.8) is 0 Å². The third-order valence-electron chi connectivity index (χ3n) is 2.56. The first-order valence-electron chi connectivity index (χ1n) is 6.02. The predicted molar refractivity (Wildman–Crippen MR) is 82.4 cm³/mol. The maximum atomic E-state index is 5.20. The standard InChI is InChI=1S/C14H16BrN3O/c1-3-17-11-6-12(9-16-8-11)18-10-4-5-14(19-2)13(15)7-10/h4-9,17-18H,3H2,1-2H3. The third-order valence-corrected chi connectivity index (χ3v) is 3.18. The molecule has 4 nitrogen and oxygen atoms in total. The average Bonchev–Trinajstić information content (AvgIpc) is 2.40. The summed E-state index contributed by atoms with van der Waals surface area (Å²) in [7, 11) is 1.65. The number of halogens is 1. The highest BCUT2D eigenvalue weighted by Gasteiger charge is 2.02. The Labute approximate surface area is 121 Å². The number of nitrogens with zero attached hydrogens (tertiary/aromatic N) is 1. The Balaban J connectivity index is 2.16. The fourth-order valence-corrected chi connectivity index (χ4v) is 2.26. The van der Waals surface area contributed by atoms with E-state index >= 15 is 0 Å². The van der Waals surface area contributed by atoms with Gasteiger partial charge in [0.1, 0.15) is 5.75 Å².